The molecule has 0 aliphatic carbocycles. The Morgan fingerprint density at radius 3 is 0.478 bits per heavy atom. The molecule has 0 saturated heterocycles. The van der Waals surface area contributed by atoms with E-state index in [0.29, 0.717) is 271 Å². The summed E-state index contributed by atoms with van der Waals surface area (Å²) < 4.78 is 110. The van der Waals surface area contributed by atoms with E-state index in [1.165, 1.54) is 0 Å². The molecule has 0 aromatic carbocycles. The van der Waals surface area contributed by atoms with E-state index in [9.17, 15) is 0 Å². The third-order valence-corrected chi connectivity index (χ3v) is 8.57. The van der Waals surface area contributed by atoms with Gasteiger partial charge in [-0.05, 0) is 32.1 Å². The van der Waals surface area contributed by atoms with Crippen LogP contribution in [0, 0.1) is 0 Å². The van der Waals surface area contributed by atoms with Crippen LogP contribution in [-0.2, 0) is 94.7 Å². The van der Waals surface area contributed by atoms with E-state index >= 15 is 0 Å². The first-order valence-electron chi connectivity index (χ1n) is 25.2. The lowest BCUT2D eigenvalue weighted by atomic mass is 10.4. The molecule has 0 saturated carbocycles. The summed E-state index contributed by atoms with van der Waals surface area (Å²) in [7, 11) is 0. The van der Waals surface area contributed by atoms with Crippen molar-refractivity contribution < 1.29 is 99.8 Å². The molecule has 414 valence electrons. The Bertz CT molecular complexity index is 902. The second-order valence-electron chi connectivity index (χ2n) is 14.5. The van der Waals surface area contributed by atoms with Crippen molar-refractivity contribution >= 4 is 0 Å². The predicted molar refractivity (Wildman–Crippen MR) is 257 cm³/mol. The van der Waals surface area contributed by atoms with Crippen molar-refractivity contribution in [3.63, 3.8) is 0 Å². The molecular weight excluding hydrogens is 913 g/mol. The Kier molecular flexibility index (Phi) is 65.8. The van der Waals surface area contributed by atoms with Crippen LogP contribution in [0.5, 0.6) is 0 Å². The van der Waals surface area contributed by atoms with E-state index in [0.717, 1.165) is 25.7 Å². The summed E-state index contributed by atoms with van der Waals surface area (Å²) in [5.41, 5.74) is 0. The van der Waals surface area contributed by atoms with E-state index in [2.05, 4.69) is 6.58 Å². The fourth-order valence-electron chi connectivity index (χ4n) is 5.09. The lowest BCUT2D eigenvalue weighted by Gasteiger charge is -2.09. The fourth-order valence-corrected chi connectivity index (χ4v) is 5.09. The Morgan fingerprint density at radius 2 is 0.319 bits per heavy atom. The van der Waals surface area contributed by atoms with Crippen molar-refractivity contribution in [1.82, 2.24) is 0 Å². The molecule has 21 heteroatoms. The zero-order chi connectivity index (χ0) is 49.4. The third-order valence-electron chi connectivity index (χ3n) is 8.57. The molecule has 0 rings (SSSR count). The van der Waals surface area contributed by atoms with Crippen LogP contribution in [0.2, 0.25) is 0 Å². The van der Waals surface area contributed by atoms with Crippen molar-refractivity contribution in [2.75, 3.05) is 271 Å². The van der Waals surface area contributed by atoms with Crippen LogP contribution in [-0.4, -0.2) is 276 Å². The van der Waals surface area contributed by atoms with Gasteiger partial charge in [-0.3, -0.25) is 0 Å². The molecule has 0 fully saturated rings. The van der Waals surface area contributed by atoms with Gasteiger partial charge in [-0.25, -0.2) is 0 Å². The molecule has 0 aromatic rings. The van der Waals surface area contributed by atoms with Crippen LogP contribution in [0.25, 0.3) is 0 Å². The van der Waals surface area contributed by atoms with Gasteiger partial charge in [-0.15, -0.1) is 6.58 Å². The fraction of sp³-hybridized carbons (Fsp3) is 0.958. The minimum absolute atomic E-state index is 0.171. The molecule has 0 spiro atoms. The van der Waals surface area contributed by atoms with Crippen molar-refractivity contribution in [3.05, 3.63) is 12.7 Å². The van der Waals surface area contributed by atoms with Crippen molar-refractivity contribution in [2.24, 2.45) is 0 Å². The van der Waals surface area contributed by atoms with Crippen LogP contribution in [0.4, 0.5) is 0 Å². The number of ether oxygens (including phenoxy) is 20. The second kappa shape index (κ2) is 66.9. The number of aliphatic hydroxyl groups excluding tert-OH is 1. The zero-order valence-electron chi connectivity index (χ0n) is 42.4. The van der Waals surface area contributed by atoms with E-state index in [1.807, 2.05) is 0 Å². The maximum atomic E-state index is 8.69. The zero-order valence-corrected chi connectivity index (χ0v) is 42.4. The van der Waals surface area contributed by atoms with E-state index < -0.39 is 0 Å². The van der Waals surface area contributed by atoms with Crippen molar-refractivity contribution in [2.45, 2.75) is 32.1 Å². The highest BCUT2D eigenvalue weighted by molar-refractivity contribution is 4.63. The highest BCUT2D eigenvalue weighted by Gasteiger charge is 1.99. The normalized spacial score (nSPS) is 11.7. The lowest BCUT2D eigenvalue weighted by molar-refractivity contribution is -0.0304. The lowest BCUT2D eigenvalue weighted by Crippen LogP contribution is -2.16. The molecule has 0 aromatic heterocycles. The van der Waals surface area contributed by atoms with Crippen LogP contribution >= 0.6 is 0 Å². The molecule has 1 N–H and O–H groups in total. The molecule has 0 unspecified atom stereocenters. The minimum Gasteiger partial charge on any atom is -0.396 e. The Hall–Kier alpha value is -1.10. The molecular formula is C48H96O21. The first-order chi connectivity index (χ1) is 34.4. The summed E-state index contributed by atoms with van der Waals surface area (Å²) in [6.45, 7) is 25.6. The van der Waals surface area contributed by atoms with Crippen molar-refractivity contribution in [1.29, 1.82) is 0 Å². The average Bonchev–Trinajstić information content (AvgIpc) is 3.36. The molecule has 0 radical (unpaired) electrons. The summed E-state index contributed by atoms with van der Waals surface area (Å²) in [5, 5.41) is 8.69. The molecule has 0 atom stereocenters. The van der Waals surface area contributed by atoms with Gasteiger partial charge in [-0.1, -0.05) is 6.08 Å². The third kappa shape index (κ3) is 66.9. The molecule has 69 heavy (non-hydrogen) atoms. The first-order valence-corrected chi connectivity index (χ1v) is 25.2. The minimum atomic E-state index is 0.171. The van der Waals surface area contributed by atoms with Gasteiger partial charge in [0.2, 0.25) is 0 Å². The summed E-state index contributed by atoms with van der Waals surface area (Å²) in [5.74, 6) is 0. The van der Waals surface area contributed by atoms with E-state index in [4.69, 9.17) is 99.8 Å². The van der Waals surface area contributed by atoms with Crippen LogP contribution < -0.4 is 0 Å². The molecule has 21 nitrogen and oxygen atoms in total. The van der Waals surface area contributed by atoms with Gasteiger partial charge >= 0.3 is 0 Å². The maximum absolute atomic E-state index is 8.69. The van der Waals surface area contributed by atoms with Gasteiger partial charge in [0.15, 0.2) is 0 Å². The molecule has 0 bridgehead atoms. The van der Waals surface area contributed by atoms with E-state index in [-0.39, 0.29) is 6.61 Å². The van der Waals surface area contributed by atoms with Crippen LogP contribution in [0.1, 0.15) is 32.1 Å². The van der Waals surface area contributed by atoms with E-state index in [1.54, 1.807) is 6.08 Å². The monoisotopic (exact) mass is 1010 g/mol. The Balaban J connectivity index is 3.07. The quantitative estimate of drug-likeness (QED) is 0.0687. The topological polar surface area (TPSA) is 205 Å². The number of rotatable bonds is 66. The number of aliphatic hydroxyl groups is 1. The van der Waals surface area contributed by atoms with Gasteiger partial charge in [-0.2, -0.15) is 0 Å². The summed E-state index contributed by atoms with van der Waals surface area (Å²) in [4.78, 5) is 0. The summed E-state index contributed by atoms with van der Waals surface area (Å²) in [6, 6.07) is 0. The highest BCUT2D eigenvalue weighted by atomic mass is 16.6. The molecule has 0 heterocycles. The number of hydrogen-bond acceptors (Lipinski definition) is 21. The molecule has 0 aliphatic rings. The van der Waals surface area contributed by atoms with Crippen molar-refractivity contribution in [3.8, 4) is 0 Å². The van der Waals surface area contributed by atoms with Gasteiger partial charge in [0.05, 0.1) is 205 Å². The van der Waals surface area contributed by atoms with Crippen LogP contribution in [0.15, 0.2) is 12.7 Å². The average molecular weight is 1010 g/mol. The maximum Gasteiger partial charge on any atom is 0.0704 e. The second-order valence-corrected chi connectivity index (χ2v) is 14.5. The van der Waals surface area contributed by atoms with Gasteiger partial charge in [0, 0.05) is 66.1 Å². The molecule has 0 amide bonds. The van der Waals surface area contributed by atoms with Crippen LogP contribution in [0.3, 0.4) is 0 Å². The first kappa shape index (κ1) is 67.9. The summed E-state index contributed by atoms with van der Waals surface area (Å²) >= 11 is 0. The SMILES string of the molecule is C=CCOCCOCCOCCOCCOCCOCCOCCOCCOCCOCCOCCOCCOCCOCCOCCOCCCOCCCOCCCOCCCOCCCO. The highest BCUT2D eigenvalue weighted by Crippen LogP contribution is 1.94. The van der Waals surface area contributed by atoms with Gasteiger partial charge < -0.3 is 99.8 Å². The largest absolute Gasteiger partial charge is 0.396 e. The Labute approximate surface area is 414 Å². The summed E-state index contributed by atoms with van der Waals surface area (Å²) in [6.07, 6.45) is 5.86. The predicted octanol–water partition coefficient (Wildman–Crippen LogP) is 2.45. The smallest absolute Gasteiger partial charge is 0.0704 e. The van der Waals surface area contributed by atoms with Gasteiger partial charge in [0.1, 0.15) is 0 Å². The molecule has 0 aliphatic heterocycles. The standard InChI is InChI=1S/C48H96O21/c1-2-9-50-19-21-56-23-25-58-27-29-60-31-33-62-35-37-64-39-41-66-43-45-68-47-48-69-46-44-67-42-40-65-38-36-63-34-32-61-30-28-59-26-24-57-22-20-55-18-7-17-54-16-6-15-53-14-5-13-52-12-4-11-51-10-3-8-49/h2,49H,1,3-48H2. The Morgan fingerprint density at radius 1 is 0.188 bits per heavy atom. The number of hydrogen-bond donors (Lipinski definition) is 1. The van der Waals surface area contributed by atoms with Gasteiger partial charge in [0.25, 0.3) is 0 Å².